The molecular weight excluding hydrogens is 1350 g/mol. The Morgan fingerprint density at radius 1 is 0.696 bits per heavy atom. The molecule has 3 N–H and O–H groups in total. The van der Waals surface area contributed by atoms with Gasteiger partial charge in [-0.3, -0.25) is 57.5 Å². The molecule has 1 spiro atoms. The Bertz CT molecular complexity index is 3440. The quantitative estimate of drug-likeness (QED) is 0.268. The highest BCUT2D eigenvalue weighted by molar-refractivity contribution is 6.31. The smallest absolute Gasteiger partial charge is 0.417 e. The summed E-state index contributed by atoms with van der Waals surface area (Å²) in [7, 11) is 11.3. The minimum absolute atomic E-state index is 0.00921. The van der Waals surface area contributed by atoms with Gasteiger partial charge in [0.1, 0.15) is 60.5 Å². The molecule has 25 nitrogen and oxygen atoms in total. The summed E-state index contributed by atoms with van der Waals surface area (Å²) < 4.78 is 47.5. The number of carbonyl (C=O) groups is 12. The summed E-state index contributed by atoms with van der Waals surface area (Å²) in [6, 6.07) is -0.257. The second kappa shape index (κ2) is 35.3. The van der Waals surface area contributed by atoms with E-state index < -0.39 is 179 Å². The van der Waals surface area contributed by atoms with Crippen LogP contribution in [0.1, 0.15) is 140 Å². The fourth-order valence-electron chi connectivity index (χ4n) is 14.6. The maximum absolute atomic E-state index is 15.6. The van der Waals surface area contributed by atoms with Gasteiger partial charge in [-0.25, -0.2) is 0 Å². The van der Waals surface area contributed by atoms with Crippen LogP contribution in [0.25, 0.3) is 0 Å². The van der Waals surface area contributed by atoms with Crippen molar-refractivity contribution < 1.29 is 75.4 Å². The number of amides is 12. The maximum atomic E-state index is 15.6. The normalized spacial score (nSPS) is 26.0. The van der Waals surface area contributed by atoms with Crippen LogP contribution < -0.4 is 16.0 Å². The molecule has 3 aliphatic heterocycles. The van der Waals surface area contributed by atoms with Crippen molar-refractivity contribution >= 4 is 82.5 Å². The van der Waals surface area contributed by atoms with E-state index in [1.54, 1.807) is 19.1 Å². The van der Waals surface area contributed by atoms with Crippen molar-refractivity contribution in [2.75, 3.05) is 89.2 Å². The first-order chi connectivity index (χ1) is 48.0. The number of rotatable bonds is 11. The summed E-state index contributed by atoms with van der Waals surface area (Å²) in [5.74, 6) is -9.60. The third-order valence-corrected chi connectivity index (χ3v) is 21.3. The fourth-order valence-corrected chi connectivity index (χ4v) is 14.9. The molecule has 3 heterocycles. The van der Waals surface area contributed by atoms with Gasteiger partial charge in [0.2, 0.25) is 70.9 Å². The Balaban J connectivity index is 1.32. The molecule has 29 heteroatoms. The van der Waals surface area contributed by atoms with Crippen molar-refractivity contribution in [2.24, 2.45) is 17.8 Å². The van der Waals surface area contributed by atoms with E-state index in [4.69, 9.17) is 16.3 Å². The van der Waals surface area contributed by atoms with Gasteiger partial charge in [0.25, 0.3) is 0 Å². The van der Waals surface area contributed by atoms with Crippen LogP contribution >= 0.6 is 11.6 Å². The second-order valence-corrected chi connectivity index (χ2v) is 29.5. The van der Waals surface area contributed by atoms with Crippen LogP contribution in [0.4, 0.5) is 13.2 Å². The molecule has 2 unspecified atom stereocenters. The van der Waals surface area contributed by atoms with E-state index in [0.717, 1.165) is 45.2 Å². The standard InChI is InChI=1S/C73H104ClF3N12O13/c1-14-46(5)61-69(99)83(9)42-60(92)85(11)57-43-102-36-20-35-89(68(57)98)56(39-48-26-24-45(4)25-27-48)67(97)82(8)41-58(90)78-52(31-29-47-28-30-50(51(74)38-47)73(75,76)77)65(95)88-34-19-23-53(88)64(94)80-72(32-17-18-33-72)71(101)87(13)62(49-21-15-16-22-49)70(100)86(12)55(66(96)81(6)7)40-59(91)84(10)54(37-44(2)3)63(93)79-61/h20,24-28,30,36,38,44,46,49,52-57,61-62H,14-19,21-23,29,31-35,37,39-43H2,1-13H3,(H,78,90)(H,79,93)(H,80,94)/b36-20-/t46-,52-,53?,54-,55-,56-,57-,61?,62-/m0/s1. The van der Waals surface area contributed by atoms with Gasteiger partial charge in [-0.05, 0) is 112 Å². The van der Waals surface area contributed by atoms with E-state index in [0.29, 0.717) is 44.1 Å². The molecule has 9 atom stereocenters. The number of fused-ring (bicyclic) bond motifs is 3. The molecule has 2 aromatic carbocycles. The molecule has 2 aliphatic carbocycles. The highest BCUT2D eigenvalue weighted by atomic mass is 35.5. The van der Waals surface area contributed by atoms with Crippen molar-refractivity contribution in [1.29, 1.82) is 0 Å². The van der Waals surface area contributed by atoms with E-state index in [1.165, 1.54) is 104 Å². The van der Waals surface area contributed by atoms with E-state index in [1.807, 2.05) is 39.8 Å². The number of benzene rings is 2. The van der Waals surface area contributed by atoms with Crippen LogP contribution in [0.2, 0.25) is 5.02 Å². The van der Waals surface area contributed by atoms with E-state index in [-0.39, 0.29) is 69.5 Å². The predicted molar refractivity (Wildman–Crippen MR) is 374 cm³/mol. The van der Waals surface area contributed by atoms with Crippen molar-refractivity contribution in [1.82, 2.24) is 60.0 Å². The second-order valence-electron chi connectivity index (χ2n) is 29.1. The Kier molecular flexibility index (Phi) is 28.0. The van der Waals surface area contributed by atoms with Gasteiger partial charge < -0.3 is 64.8 Å². The number of alkyl halides is 3. The van der Waals surface area contributed by atoms with Gasteiger partial charge >= 0.3 is 6.18 Å². The van der Waals surface area contributed by atoms with Gasteiger partial charge in [-0.2, -0.15) is 13.2 Å². The molecule has 5 aliphatic rings. The topological polar surface area (TPSA) is 279 Å². The first-order valence-electron chi connectivity index (χ1n) is 35.5. The molecule has 2 aromatic rings. The predicted octanol–water partition coefficient (Wildman–Crippen LogP) is 4.97. The van der Waals surface area contributed by atoms with Crippen molar-refractivity contribution in [3.8, 4) is 0 Å². The number of halogens is 4. The summed E-state index contributed by atoms with van der Waals surface area (Å²) in [4.78, 5) is 191. The van der Waals surface area contributed by atoms with E-state index in [9.17, 15) is 41.9 Å². The Morgan fingerprint density at radius 3 is 1.94 bits per heavy atom. The van der Waals surface area contributed by atoms with Crippen LogP contribution in [0, 0.1) is 24.7 Å². The SMILES string of the molecule is CC[C@H](C)C1NC(=O)[C@H](CC(C)C)N(C)C(=O)C[C@@H](C(=O)N(C)C)N(C)C(=O)[C@H](C2CCCC2)N(C)C(=O)C2(CCCC2)NC(=O)C2CCCN2C(=O)[C@H](CCc2ccc(C(F)(F)F)c(Cl)c2)NC(=O)CN(C)C(=O)[C@H](Cc2ccc(C)cc2)N2C/C=C\OC[C@@H](C2=O)N(C)C(=O)CN(C)C1=O. The number of nitrogens with one attached hydrogen (secondary N) is 3. The van der Waals surface area contributed by atoms with Crippen LogP contribution in [0.5, 0.6) is 0 Å². The molecule has 2 saturated heterocycles. The minimum Gasteiger partial charge on any atom is -0.499 e. The van der Waals surface area contributed by atoms with Gasteiger partial charge in [0.05, 0.1) is 36.4 Å². The van der Waals surface area contributed by atoms with Gasteiger partial charge in [-0.15, -0.1) is 0 Å². The molecule has 102 heavy (non-hydrogen) atoms. The number of likely N-dealkylation sites (N-methyl/N-ethyl adjacent to an activating group) is 7. The van der Waals surface area contributed by atoms with Gasteiger partial charge in [0.15, 0.2) is 0 Å². The molecule has 2 bridgehead atoms. The Labute approximate surface area is 601 Å². The van der Waals surface area contributed by atoms with Crippen LogP contribution in [-0.2, 0) is 81.3 Å². The molecule has 12 amide bonds. The average molecular weight is 1450 g/mol. The van der Waals surface area contributed by atoms with Gasteiger partial charge in [-0.1, -0.05) is 107 Å². The molecule has 2 saturated carbocycles. The zero-order valence-corrected chi connectivity index (χ0v) is 62.0. The fraction of sp³-hybridized carbons (Fsp3) is 0.644. The van der Waals surface area contributed by atoms with Crippen LogP contribution in [-0.4, -0.2) is 258 Å². The molecule has 4 fully saturated rings. The first-order valence-corrected chi connectivity index (χ1v) is 35.9. The Morgan fingerprint density at radius 2 is 1.33 bits per heavy atom. The first kappa shape index (κ1) is 81.0. The number of nitrogens with zero attached hydrogens (tertiary/aromatic N) is 9. The third-order valence-electron chi connectivity index (χ3n) is 21.0. The zero-order valence-electron chi connectivity index (χ0n) is 61.2. The lowest BCUT2D eigenvalue weighted by molar-refractivity contribution is -0.156. The lowest BCUT2D eigenvalue weighted by atomic mass is 9.90. The van der Waals surface area contributed by atoms with Crippen molar-refractivity contribution in [3.05, 3.63) is 82.1 Å². The molecular formula is C73H104ClF3N12O13. The number of ether oxygens (including phenoxy) is 1. The number of carbonyl (C=O) groups excluding carboxylic acids is 12. The monoisotopic (exact) mass is 1450 g/mol. The number of aryl methyl sites for hydroxylation is 2. The summed E-state index contributed by atoms with van der Waals surface area (Å²) >= 11 is 6.17. The lowest BCUT2D eigenvalue weighted by Crippen LogP contribution is -2.65. The van der Waals surface area contributed by atoms with Crippen LogP contribution in [0.3, 0.4) is 0 Å². The average Bonchev–Trinajstić information content (AvgIpc) is 1.51. The molecule has 0 radical (unpaired) electrons. The number of hydrogen-bond donors (Lipinski definition) is 3. The third kappa shape index (κ3) is 19.5. The van der Waals surface area contributed by atoms with Crippen molar-refractivity contribution in [3.63, 3.8) is 0 Å². The summed E-state index contributed by atoms with van der Waals surface area (Å²) in [5.41, 5.74) is -0.883. The molecule has 0 aromatic heterocycles. The largest absolute Gasteiger partial charge is 0.499 e. The summed E-state index contributed by atoms with van der Waals surface area (Å²) in [6.07, 6.45) is 1.71. The maximum Gasteiger partial charge on any atom is 0.417 e. The molecule has 7 rings (SSSR count). The summed E-state index contributed by atoms with van der Waals surface area (Å²) in [5, 5.41) is 8.09. The number of hydrogen-bond acceptors (Lipinski definition) is 13. The zero-order chi connectivity index (χ0) is 75.4. The minimum atomic E-state index is -4.78. The Hall–Kier alpha value is -8.30. The molecule has 562 valence electrons. The highest BCUT2D eigenvalue weighted by Gasteiger charge is 2.52. The highest BCUT2D eigenvalue weighted by Crippen LogP contribution is 2.38. The van der Waals surface area contributed by atoms with Crippen molar-refractivity contribution in [2.45, 2.75) is 197 Å². The lowest BCUT2D eigenvalue weighted by Gasteiger charge is -2.42. The van der Waals surface area contributed by atoms with E-state index in [2.05, 4.69) is 16.0 Å². The van der Waals surface area contributed by atoms with Gasteiger partial charge in [0, 0.05) is 75.9 Å². The summed E-state index contributed by atoms with van der Waals surface area (Å²) in [6.45, 7) is 7.19. The van der Waals surface area contributed by atoms with E-state index >= 15 is 28.8 Å². The van der Waals surface area contributed by atoms with Crippen LogP contribution in [0.15, 0.2) is 54.8 Å².